The first-order chi connectivity index (χ1) is 8.60. The first-order valence-electron chi connectivity index (χ1n) is 6.08. The molecule has 4 heteroatoms. The van der Waals surface area contributed by atoms with Crippen LogP contribution in [0, 0.1) is 13.8 Å². The van der Waals surface area contributed by atoms with Gasteiger partial charge in [0.25, 0.3) is 0 Å². The standard InChI is InChI=1S/C14H23NO3/c1-9-10(2)14(18-5)12(6-13(9)17-4)11(8-16)7-15-3/h6,11,15-16H,7-8H2,1-5H3. The van der Waals surface area contributed by atoms with Crippen LogP contribution >= 0.6 is 0 Å². The summed E-state index contributed by atoms with van der Waals surface area (Å²) in [7, 11) is 5.18. The normalized spacial score (nSPS) is 12.3. The maximum atomic E-state index is 9.52. The van der Waals surface area contributed by atoms with Crippen LogP contribution in [0.5, 0.6) is 11.5 Å². The molecule has 4 nitrogen and oxygen atoms in total. The molecule has 18 heavy (non-hydrogen) atoms. The molecule has 0 heterocycles. The lowest BCUT2D eigenvalue weighted by Crippen LogP contribution is -2.21. The highest BCUT2D eigenvalue weighted by atomic mass is 16.5. The fraction of sp³-hybridized carbons (Fsp3) is 0.571. The van der Waals surface area contributed by atoms with E-state index in [1.165, 1.54) is 0 Å². The number of benzene rings is 1. The molecule has 1 rings (SSSR count). The third kappa shape index (κ3) is 2.76. The van der Waals surface area contributed by atoms with Crippen LogP contribution in [0.15, 0.2) is 6.07 Å². The molecule has 0 saturated heterocycles. The van der Waals surface area contributed by atoms with Gasteiger partial charge in [-0.1, -0.05) is 0 Å². The monoisotopic (exact) mass is 253 g/mol. The predicted molar refractivity (Wildman–Crippen MR) is 72.8 cm³/mol. The summed E-state index contributed by atoms with van der Waals surface area (Å²) >= 11 is 0. The summed E-state index contributed by atoms with van der Waals surface area (Å²) in [6.07, 6.45) is 0. The quantitative estimate of drug-likeness (QED) is 0.809. The second kappa shape index (κ2) is 6.61. The van der Waals surface area contributed by atoms with E-state index in [4.69, 9.17) is 9.47 Å². The third-order valence-corrected chi connectivity index (χ3v) is 3.36. The predicted octanol–water partition coefficient (Wildman–Crippen LogP) is 1.62. The second-order valence-electron chi connectivity index (χ2n) is 4.39. The molecule has 1 unspecified atom stereocenters. The average molecular weight is 253 g/mol. The summed E-state index contributed by atoms with van der Waals surface area (Å²) in [4.78, 5) is 0. The van der Waals surface area contributed by atoms with E-state index in [1.807, 2.05) is 27.0 Å². The minimum atomic E-state index is -0.00171. The lowest BCUT2D eigenvalue weighted by Gasteiger charge is -2.22. The first-order valence-corrected chi connectivity index (χ1v) is 6.08. The number of aliphatic hydroxyl groups excluding tert-OH is 1. The molecule has 0 amide bonds. The molecule has 0 aliphatic heterocycles. The van der Waals surface area contributed by atoms with Gasteiger partial charge in [0.2, 0.25) is 0 Å². The van der Waals surface area contributed by atoms with Crippen molar-refractivity contribution < 1.29 is 14.6 Å². The summed E-state index contributed by atoms with van der Waals surface area (Å²) in [6.45, 7) is 4.78. The molecule has 0 spiro atoms. The molecule has 102 valence electrons. The van der Waals surface area contributed by atoms with Crippen LogP contribution in [0.4, 0.5) is 0 Å². The molecule has 0 bridgehead atoms. The Kier molecular flexibility index (Phi) is 5.44. The number of likely N-dealkylation sites (N-methyl/N-ethyl adjacent to an activating group) is 1. The van der Waals surface area contributed by atoms with Gasteiger partial charge in [0, 0.05) is 18.0 Å². The van der Waals surface area contributed by atoms with Crippen molar-refractivity contribution in [2.24, 2.45) is 0 Å². The van der Waals surface area contributed by atoms with Crippen molar-refractivity contribution >= 4 is 0 Å². The van der Waals surface area contributed by atoms with Crippen LogP contribution in [-0.4, -0.2) is 39.5 Å². The van der Waals surface area contributed by atoms with Crippen LogP contribution in [0.2, 0.25) is 0 Å². The second-order valence-corrected chi connectivity index (χ2v) is 4.39. The van der Waals surface area contributed by atoms with Crippen LogP contribution in [-0.2, 0) is 0 Å². The number of aliphatic hydroxyl groups is 1. The molecule has 1 aromatic carbocycles. The van der Waals surface area contributed by atoms with E-state index < -0.39 is 0 Å². The van der Waals surface area contributed by atoms with Crippen molar-refractivity contribution in [3.05, 3.63) is 22.8 Å². The van der Waals surface area contributed by atoms with Crippen LogP contribution in [0.25, 0.3) is 0 Å². The summed E-state index contributed by atoms with van der Waals surface area (Å²) < 4.78 is 10.9. The van der Waals surface area contributed by atoms with E-state index in [2.05, 4.69) is 5.32 Å². The molecular weight excluding hydrogens is 230 g/mol. The molecule has 0 aliphatic rings. The highest BCUT2D eigenvalue weighted by molar-refractivity contribution is 5.54. The molecule has 0 saturated carbocycles. The van der Waals surface area contributed by atoms with E-state index in [0.717, 1.165) is 28.2 Å². The van der Waals surface area contributed by atoms with E-state index in [0.29, 0.717) is 6.54 Å². The van der Waals surface area contributed by atoms with Crippen LogP contribution in [0.3, 0.4) is 0 Å². The number of ether oxygens (including phenoxy) is 2. The minimum absolute atomic E-state index is 0.00171. The first kappa shape index (κ1) is 14.8. The van der Waals surface area contributed by atoms with Crippen molar-refractivity contribution in [3.8, 4) is 11.5 Å². The zero-order chi connectivity index (χ0) is 13.7. The Bertz CT molecular complexity index is 405. The topological polar surface area (TPSA) is 50.7 Å². The van der Waals surface area contributed by atoms with Crippen LogP contribution < -0.4 is 14.8 Å². The minimum Gasteiger partial charge on any atom is -0.496 e. The fourth-order valence-electron chi connectivity index (χ4n) is 2.19. The Morgan fingerprint density at radius 3 is 2.33 bits per heavy atom. The van der Waals surface area contributed by atoms with Crippen molar-refractivity contribution in [1.29, 1.82) is 0 Å². The smallest absolute Gasteiger partial charge is 0.125 e. The summed E-state index contributed by atoms with van der Waals surface area (Å²) in [6, 6.07) is 1.96. The van der Waals surface area contributed by atoms with Gasteiger partial charge < -0.3 is 19.9 Å². The number of rotatable bonds is 6. The number of hydrogen-bond acceptors (Lipinski definition) is 4. The number of methoxy groups -OCH3 is 2. The van der Waals surface area contributed by atoms with Crippen molar-refractivity contribution in [2.75, 3.05) is 34.4 Å². The maximum absolute atomic E-state index is 9.52. The lowest BCUT2D eigenvalue weighted by molar-refractivity contribution is 0.259. The van der Waals surface area contributed by atoms with Gasteiger partial charge in [-0.15, -0.1) is 0 Å². The average Bonchev–Trinajstić information content (AvgIpc) is 2.39. The van der Waals surface area contributed by atoms with Crippen LogP contribution in [0.1, 0.15) is 22.6 Å². The van der Waals surface area contributed by atoms with Gasteiger partial charge in [-0.05, 0) is 38.1 Å². The van der Waals surface area contributed by atoms with Gasteiger partial charge in [0.15, 0.2) is 0 Å². The van der Waals surface area contributed by atoms with E-state index in [9.17, 15) is 5.11 Å². The van der Waals surface area contributed by atoms with E-state index >= 15 is 0 Å². The summed E-state index contributed by atoms with van der Waals surface area (Å²) in [5, 5.41) is 12.6. The van der Waals surface area contributed by atoms with Gasteiger partial charge >= 0.3 is 0 Å². The highest BCUT2D eigenvalue weighted by Crippen LogP contribution is 2.37. The Balaban J connectivity index is 3.35. The number of nitrogens with one attached hydrogen (secondary N) is 1. The maximum Gasteiger partial charge on any atom is 0.125 e. The van der Waals surface area contributed by atoms with Crippen molar-refractivity contribution in [1.82, 2.24) is 5.32 Å². The molecular formula is C14H23NO3. The third-order valence-electron chi connectivity index (χ3n) is 3.36. The van der Waals surface area contributed by atoms with Gasteiger partial charge in [0.1, 0.15) is 11.5 Å². The fourth-order valence-corrected chi connectivity index (χ4v) is 2.19. The Morgan fingerprint density at radius 1 is 1.22 bits per heavy atom. The Hall–Kier alpha value is -1.26. The lowest BCUT2D eigenvalue weighted by atomic mass is 9.93. The summed E-state index contributed by atoms with van der Waals surface area (Å²) in [5.74, 6) is 1.67. The molecule has 2 N–H and O–H groups in total. The largest absolute Gasteiger partial charge is 0.496 e. The molecule has 1 aromatic rings. The van der Waals surface area contributed by atoms with Crippen molar-refractivity contribution in [2.45, 2.75) is 19.8 Å². The molecule has 0 radical (unpaired) electrons. The van der Waals surface area contributed by atoms with Gasteiger partial charge in [0.05, 0.1) is 20.8 Å². The SMILES string of the molecule is CNCC(CO)c1cc(OC)c(C)c(C)c1OC. The Labute approximate surface area is 109 Å². The van der Waals surface area contributed by atoms with Gasteiger partial charge in [-0.2, -0.15) is 0 Å². The molecule has 0 aliphatic carbocycles. The van der Waals surface area contributed by atoms with Crippen molar-refractivity contribution in [3.63, 3.8) is 0 Å². The zero-order valence-corrected chi connectivity index (χ0v) is 11.8. The van der Waals surface area contributed by atoms with E-state index in [-0.39, 0.29) is 12.5 Å². The number of hydrogen-bond donors (Lipinski definition) is 2. The summed E-state index contributed by atoms with van der Waals surface area (Å²) in [5.41, 5.74) is 3.11. The van der Waals surface area contributed by atoms with E-state index in [1.54, 1.807) is 14.2 Å². The Morgan fingerprint density at radius 2 is 1.89 bits per heavy atom. The molecule has 0 aromatic heterocycles. The molecule has 0 fully saturated rings. The van der Waals surface area contributed by atoms with Gasteiger partial charge in [-0.25, -0.2) is 0 Å². The highest BCUT2D eigenvalue weighted by Gasteiger charge is 2.20. The zero-order valence-electron chi connectivity index (χ0n) is 11.8. The van der Waals surface area contributed by atoms with Gasteiger partial charge in [-0.3, -0.25) is 0 Å². The molecule has 1 atom stereocenters.